The number of rotatable bonds is 6. The zero-order valence-corrected chi connectivity index (χ0v) is 16.2. The van der Waals surface area contributed by atoms with E-state index in [-0.39, 0.29) is 29.8 Å². The standard InChI is InChI=1S/C20H23N3O4S/c24-19(22-17-9-3-1-4-10-17)14-21-20(25)16-8-7-13-23(15-16)28(26,27)18-11-5-2-6-12-18/h1-6,9-12,16H,7-8,13-15H2,(H,21,25)(H,22,24). The molecule has 0 radical (unpaired) electrons. The fraction of sp³-hybridized carbons (Fsp3) is 0.300. The van der Waals surface area contributed by atoms with Gasteiger partial charge in [0, 0.05) is 18.8 Å². The highest BCUT2D eigenvalue weighted by Gasteiger charge is 2.33. The van der Waals surface area contributed by atoms with Gasteiger partial charge in [0.2, 0.25) is 21.8 Å². The first-order valence-corrected chi connectivity index (χ1v) is 10.6. The number of piperidine rings is 1. The Morgan fingerprint density at radius 3 is 2.32 bits per heavy atom. The van der Waals surface area contributed by atoms with Crippen molar-refractivity contribution in [1.82, 2.24) is 9.62 Å². The Morgan fingerprint density at radius 1 is 1.00 bits per heavy atom. The monoisotopic (exact) mass is 401 g/mol. The predicted molar refractivity (Wildman–Crippen MR) is 106 cm³/mol. The maximum absolute atomic E-state index is 12.8. The van der Waals surface area contributed by atoms with Crippen LogP contribution in [0.25, 0.3) is 0 Å². The van der Waals surface area contributed by atoms with E-state index < -0.39 is 15.9 Å². The summed E-state index contributed by atoms with van der Waals surface area (Å²) in [6.07, 6.45) is 1.19. The summed E-state index contributed by atoms with van der Waals surface area (Å²) < 4.78 is 26.9. The fourth-order valence-corrected chi connectivity index (χ4v) is 4.70. The lowest BCUT2D eigenvalue weighted by molar-refractivity contribution is -0.128. The van der Waals surface area contributed by atoms with Crippen molar-refractivity contribution in [1.29, 1.82) is 0 Å². The molecule has 3 rings (SSSR count). The van der Waals surface area contributed by atoms with Gasteiger partial charge in [0.15, 0.2) is 0 Å². The molecule has 7 nitrogen and oxygen atoms in total. The van der Waals surface area contributed by atoms with Crippen LogP contribution in [0.4, 0.5) is 5.69 Å². The largest absolute Gasteiger partial charge is 0.347 e. The molecule has 0 saturated carbocycles. The van der Waals surface area contributed by atoms with E-state index in [1.165, 1.54) is 4.31 Å². The number of amides is 2. The van der Waals surface area contributed by atoms with E-state index in [0.29, 0.717) is 25.1 Å². The molecule has 8 heteroatoms. The van der Waals surface area contributed by atoms with E-state index in [1.54, 1.807) is 54.6 Å². The molecule has 1 heterocycles. The van der Waals surface area contributed by atoms with Gasteiger partial charge >= 0.3 is 0 Å². The fourth-order valence-electron chi connectivity index (χ4n) is 3.15. The van der Waals surface area contributed by atoms with E-state index in [2.05, 4.69) is 10.6 Å². The summed E-state index contributed by atoms with van der Waals surface area (Å²) in [6.45, 7) is 0.342. The van der Waals surface area contributed by atoms with E-state index in [0.717, 1.165) is 0 Å². The lowest BCUT2D eigenvalue weighted by Gasteiger charge is -2.31. The number of carbonyl (C=O) groups is 2. The molecule has 1 saturated heterocycles. The van der Waals surface area contributed by atoms with Crippen LogP contribution in [0.3, 0.4) is 0 Å². The van der Waals surface area contributed by atoms with Gasteiger partial charge in [-0.1, -0.05) is 36.4 Å². The molecule has 1 aliphatic rings. The Balaban J connectivity index is 1.55. The van der Waals surface area contributed by atoms with Crippen molar-refractivity contribution in [3.63, 3.8) is 0 Å². The first-order valence-electron chi connectivity index (χ1n) is 9.14. The van der Waals surface area contributed by atoms with Gasteiger partial charge < -0.3 is 10.6 Å². The summed E-state index contributed by atoms with van der Waals surface area (Å²) in [7, 11) is -3.63. The van der Waals surface area contributed by atoms with E-state index in [9.17, 15) is 18.0 Å². The molecule has 0 aromatic heterocycles. The van der Waals surface area contributed by atoms with Gasteiger partial charge in [0.25, 0.3) is 0 Å². The third-order valence-corrected chi connectivity index (χ3v) is 6.50. The maximum atomic E-state index is 12.8. The SMILES string of the molecule is O=C(CNC(=O)C1CCCN(S(=O)(=O)c2ccccc2)C1)Nc1ccccc1. The zero-order valence-electron chi connectivity index (χ0n) is 15.4. The van der Waals surface area contributed by atoms with Crippen LogP contribution in [0, 0.1) is 5.92 Å². The molecule has 148 valence electrons. The molecule has 2 amide bonds. The summed E-state index contributed by atoms with van der Waals surface area (Å²) in [6, 6.07) is 17.2. The van der Waals surface area contributed by atoms with Crippen molar-refractivity contribution in [2.75, 3.05) is 25.0 Å². The average Bonchev–Trinajstić information content (AvgIpc) is 2.73. The molecule has 0 spiro atoms. The Morgan fingerprint density at radius 2 is 1.64 bits per heavy atom. The molecule has 1 fully saturated rings. The average molecular weight is 401 g/mol. The summed E-state index contributed by atoms with van der Waals surface area (Å²) >= 11 is 0. The minimum atomic E-state index is -3.63. The highest BCUT2D eigenvalue weighted by atomic mass is 32.2. The highest BCUT2D eigenvalue weighted by molar-refractivity contribution is 7.89. The molecule has 2 aromatic carbocycles. The third kappa shape index (κ3) is 4.96. The van der Waals surface area contributed by atoms with Gasteiger partial charge in [-0.25, -0.2) is 8.42 Å². The number of hydrogen-bond acceptors (Lipinski definition) is 4. The Bertz CT molecular complexity index is 917. The van der Waals surface area contributed by atoms with Crippen molar-refractivity contribution in [2.24, 2.45) is 5.92 Å². The number of carbonyl (C=O) groups excluding carboxylic acids is 2. The van der Waals surface area contributed by atoms with Crippen LogP contribution in [0.5, 0.6) is 0 Å². The minimum Gasteiger partial charge on any atom is -0.347 e. The van der Waals surface area contributed by atoms with Crippen LogP contribution in [-0.4, -0.2) is 44.2 Å². The zero-order chi connectivity index (χ0) is 20.0. The Hall–Kier alpha value is -2.71. The van der Waals surface area contributed by atoms with Crippen LogP contribution in [0.1, 0.15) is 12.8 Å². The molecular formula is C20H23N3O4S. The van der Waals surface area contributed by atoms with Gasteiger partial charge in [0.1, 0.15) is 0 Å². The third-order valence-electron chi connectivity index (χ3n) is 4.62. The number of sulfonamides is 1. The number of nitrogens with one attached hydrogen (secondary N) is 2. The highest BCUT2D eigenvalue weighted by Crippen LogP contribution is 2.23. The van der Waals surface area contributed by atoms with Gasteiger partial charge in [-0.05, 0) is 37.1 Å². The second kappa shape index (κ2) is 8.99. The molecule has 2 N–H and O–H groups in total. The molecule has 0 bridgehead atoms. The molecule has 0 aliphatic carbocycles. The summed E-state index contributed by atoms with van der Waals surface area (Å²) in [5, 5.41) is 5.31. The summed E-state index contributed by atoms with van der Waals surface area (Å²) in [5.74, 6) is -1.11. The minimum absolute atomic E-state index is 0.114. The molecule has 28 heavy (non-hydrogen) atoms. The van der Waals surface area contributed by atoms with Crippen LogP contribution < -0.4 is 10.6 Å². The Labute approximate surface area is 164 Å². The van der Waals surface area contributed by atoms with Crippen molar-refractivity contribution >= 4 is 27.5 Å². The molecule has 1 unspecified atom stereocenters. The normalized spacial score (nSPS) is 17.6. The summed E-state index contributed by atoms with van der Waals surface area (Å²) in [5.41, 5.74) is 0.652. The smallest absolute Gasteiger partial charge is 0.243 e. The second-order valence-corrected chi connectivity index (χ2v) is 8.59. The van der Waals surface area contributed by atoms with Crippen LogP contribution >= 0.6 is 0 Å². The van der Waals surface area contributed by atoms with Crippen molar-refractivity contribution in [3.8, 4) is 0 Å². The molecule has 1 atom stereocenters. The number of nitrogens with zero attached hydrogens (tertiary/aromatic N) is 1. The first kappa shape index (κ1) is 20.0. The number of anilines is 1. The van der Waals surface area contributed by atoms with E-state index in [4.69, 9.17) is 0 Å². The number of benzene rings is 2. The predicted octanol–water partition coefficient (Wildman–Crippen LogP) is 1.84. The first-order chi connectivity index (χ1) is 13.5. The van der Waals surface area contributed by atoms with Gasteiger partial charge in [0.05, 0.1) is 17.4 Å². The van der Waals surface area contributed by atoms with Crippen molar-refractivity contribution < 1.29 is 18.0 Å². The Kier molecular flexibility index (Phi) is 6.43. The number of hydrogen-bond donors (Lipinski definition) is 2. The van der Waals surface area contributed by atoms with Gasteiger partial charge in [-0.3, -0.25) is 9.59 Å². The topological polar surface area (TPSA) is 95.6 Å². The van der Waals surface area contributed by atoms with Crippen LogP contribution in [0.2, 0.25) is 0 Å². The lowest BCUT2D eigenvalue weighted by Crippen LogP contribution is -2.46. The summed E-state index contributed by atoms with van der Waals surface area (Å²) in [4.78, 5) is 24.6. The molecule has 2 aromatic rings. The molecular weight excluding hydrogens is 378 g/mol. The number of para-hydroxylation sites is 1. The van der Waals surface area contributed by atoms with E-state index >= 15 is 0 Å². The van der Waals surface area contributed by atoms with E-state index in [1.807, 2.05) is 6.07 Å². The second-order valence-electron chi connectivity index (χ2n) is 6.65. The quantitative estimate of drug-likeness (QED) is 0.772. The lowest BCUT2D eigenvalue weighted by atomic mass is 9.99. The van der Waals surface area contributed by atoms with Crippen LogP contribution in [0.15, 0.2) is 65.6 Å². The van der Waals surface area contributed by atoms with Crippen LogP contribution in [-0.2, 0) is 19.6 Å². The van der Waals surface area contributed by atoms with Crippen molar-refractivity contribution in [3.05, 3.63) is 60.7 Å². The van der Waals surface area contributed by atoms with Gasteiger partial charge in [-0.2, -0.15) is 4.31 Å². The van der Waals surface area contributed by atoms with Gasteiger partial charge in [-0.15, -0.1) is 0 Å². The maximum Gasteiger partial charge on any atom is 0.243 e. The molecule has 1 aliphatic heterocycles. The van der Waals surface area contributed by atoms with Crippen molar-refractivity contribution in [2.45, 2.75) is 17.7 Å².